The van der Waals surface area contributed by atoms with Crippen LogP contribution in [0.4, 0.5) is 0 Å². The summed E-state index contributed by atoms with van der Waals surface area (Å²) in [5.41, 5.74) is 6.93. The van der Waals surface area contributed by atoms with Gasteiger partial charge in [0.05, 0.1) is 12.3 Å². The molecule has 0 spiro atoms. The summed E-state index contributed by atoms with van der Waals surface area (Å²) in [5.74, 6) is 0.264. The fourth-order valence-corrected chi connectivity index (χ4v) is 3.92. The Kier molecular flexibility index (Phi) is 7.07. The lowest BCUT2D eigenvalue weighted by molar-refractivity contribution is -0.140. The summed E-state index contributed by atoms with van der Waals surface area (Å²) in [6.45, 7) is 5.62. The number of piperidine rings is 1. The van der Waals surface area contributed by atoms with Gasteiger partial charge in [0.1, 0.15) is 0 Å². The molecule has 0 aromatic heterocycles. The molecular weight excluding hydrogens is 350 g/mol. The van der Waals surface area contributed by atoms with Gasteiger partial charge in [-0.1, -0.05) is 37.3 Å². The summed E-state index contributed by atoms with van der Waals surface area (Å²) in [6.07, 6.45) is 3.16. The second-order valence-corrected chi connectivity index (χ2v) is 7.87. The smallest absolute Gasteiger partial charge is 0.227 e. The second kappa shape index (κ2) is 8.87. The van der Waals surface area contributed by atoms with Crippen LogP contribution in [0.25, 0.3) is 0 Å². The van der Waals surface area contributed by atoms with E-state index in [2.05, 4.69) is 6.92 Å². The first kappa shape index (κ1) is 20.7. The van der Waals surface area contributed by atoms with Gasteiger partial charge in [0.25, 0.3) is 0 Å². The predicted molar refractivity (Wildman–Crippen MR) is 105 cm³/mol. The highest BCUT2D eigenvalue weighted by atomic mass is 35.5. The standard InChI is InChI=1S/C20H29N3O2.ClH/c1-20(14-21)9-11-23(15-20)19(25)17-8-5-10-22(13-17)18(24)12-16-6-3-2-4-7-16;/h2-4,6-7,17H,5,8-15,21H2,1H3;1H. The van der Waals surface area contributed by atoms with Gasteiger partial charge in [-0.3, -0.25) is 9.59 Å². The highest BCUT2D eigenvalue weighted by molar-refractivity contribution is 5.85. The number of rotatable bonds is 4. The summed E-state index contributed by atoms with van der Waals surface area (Å²) in [6, 6.07) is 9.80. The number of nitrogens with two attached hydrogens (primary N) is 1. The topological polar surface area (TPSA) is 66.6 Å². The van der Waals surface area contributed by atoms with Crippen molar-refractivity contribution in [1.29, 1.82) is 0 Å². The summed E-state index contributed by atoms with van der Waals surface area (Å²) in [7, 11) is 0. The zero-order chi connectivity index (χ0) is 17.9. The summed E-state index contributed by atoms with van der Waals surface area (Å²) >= 11 is 0. The van der Waals surface area contributed by atoms with E-state index in [0.717, 1.165) is 44.5 Å². The van der Waals surface area contributed by atoms with Crippen molar-refractivity contribution in [3.05, 3.63) is 35.9 Å². The van der Waals surface area contributed by atoms with Crippen LogP contribution in [-0.4, -0.2) is 54.3 Å². The van der Waals surface area contributed by atoms with Crippen molar-refractivity contribution in [2.75, 3.05) is 32.7 Å². The van der Waals surface area contributed by atoms with Crippen LogP contribution in [0.15, 0.2) is 30.3 Å². The molecule has 3 rings (SSSR count). The maximum absolute atomic E-state index is 12.9. The zero-order valence-electron chi connectivity index (χ0n) is 15.5. The van der Waals surface area contributed by atoms with Crippen molar-refractivity contribution in [3.63, 3.8) is 0 Å². The largest absolute Gasteiger partial charge is 0.342 e. The van der Waals surface area contributed by atoms with Crippen molar-refractivity contribution in [2.24, 2.45) is 17.1 Å². The minimum atomic E-state index is -0.0615. The van der Waals surface area contributed by atoms with E-state index in [1.165, 1.54) is 0 Å². The van der Waals surface area contributed by atoms with Crippen molar-refractivity contribution in [2.45, 2.75) is 32.6 Å². The Labute approximate surface area is 162 Å². The summed E-state index contributed by atoms with van der Waals surface area (Å²) < 4.78 is 0. The molecule has 2 unspecified atom stereocenters. The van der Waals surface area contributed by atoms with Gasteiger partial charge < -0.3 is 15.5 Å². The molecule has 0 aliphatic carbocycles. The summed E-state index contributed by atoms with van der Waals surface area (Å²) in [4.78, 5) is 29.3. The lowest BCUT2D eigenvalue weighted by Crippen LogP contribution is -2.47. The number of halogens is 1. The number of nitrogens with zero attached hydrogens (tertiary/aromatic N) is 2. The van der Waals surface area contributed by atoms with Crippen LogP contribution in [-0.2, 0) is 16.0 Å². The third-order valence-electron chi connectivity index (χ3n) is 5.68. The minimum absolute atomic E-state index is 0. The predicted octanol–water partition coefficient (Wildman–Crippen LogP) is 2.09. The van der Waals surface area contributed by atoms with Crippen LogP contribution in [0.1, 0.15) is 31.7 Å². The third-order valence-corrected chi connectivity index (χ3v) is 5.68. The number of amides is 2. The van der Waals surface area contributed by atoms with E-state index in [4.69, 9.17) is 5.73 Å². The maximum atomic E-state index is 12.9. The highest BCUT2D eigenvalue weighted by Gasteiger charge is 2.38. The molecule has 6 heteroatoms. The van der Waals surface area contributed by atoms with E-state index in [1.807, 2.05) is 40.1 Å². The van der Waals surface area contributed by atoms with Crippen molar-refractivity contribution in [3.8, 4) is 0 Å². The molecule has 5 nitrogen and oxygen atoms in total. The molecule has 2 amide bonds. The van der Waals surface area contributed by atoms with Crippen LogP contribution in [0.3, 0.4) is 0 Å². The van der Waals surface area contributed by atoms with Gasteiger partial charge >= 0.3 is 0 Å². The Hall–Kier alpha value is -1.59. The van der Waals surface area contributed by atoms with Crippen LogP contribution in [0.2, 0.25) is 0 Å². The van der Waals surface area contributed by atoms with Crippen LogP contribution in [0, 0.1) is 11.3 Å². The molecule has 0 radical (unpaired) electrons. The number of carbonyl (C=O) groups is 2. The second-order valence-electron chi connectivity index (χ2n) is 7.87. The quantitative estimate of drug-likeness (QED) is 0.871. The maximum Gasteiger partial charge on any atom is 0.227 e. The Morgan fingerprint density at radius 2 is 1.92 bits per heavy atom. The average Bonchev–Trinajstić information content (AvgIpc) is 3.05. The van der Waals surface area contributed by atoms with E-state index < -0.39 is 0 Å². The van der Waals surface area contributed by atoms with Gasteiger partial charge in [0, 0.05) is 26.2 Å². The van der Waals surface area contributed by atoms with Gasteiger partial charge in [0.2, 0.25) is 11.8 Å². The van der Waals surface area contributed by atoms with Gasteiger partial charge in [0.15, 0.2) is 0 Å². The Morgan fingerprint density at radius 3 is 2.58 bits per heavy atom. The number of hydrogen-bond donors (Lipinski definition) is 1. The lowest BCUT2D eigenvalue weighted by atomic mass is 9.90. The van der Waals surface area contributed by atoms with Crippen molar-refractivity contribution in [1.82, 2.24) is 9.80 Å². The fourth-order valence-electron chi connectivity index (χ4n) is 3.92. The van der Waals surface area contributed by atoms with Crippen LogP contribution < -0.4 is 5.73 Å². The normalized spacial score (nSPS) is 25.7. The van der Waals surface area contributed by atoms with E-state index in [9.17, 15) is 9.59 Å². The molecular formula is C20H30ClN3O2. The number of benzene rings is 1. The molecule has 2 aliphatic rings. The molecule has 2 aliphatic heterocycles. The Morgan fingerprint density at radius 1 is 1.19 bits per heavy atom. The third kappa shape index (κ3) is 4.77. The molecule has 2 fully saturated rings. The number of hydrogen-bond acceptors (Lipinski definition) is 3. The molecule has 1 aromatic carbocycles. The first-order valence-electron chi connectivity index (χ1n) is 9.31. The van der Waals surface area contributed by atoms with E-state index in [0.29, 0.717) is 19.5 Å². The monoisotopic (exact) mass is 379 g/mol. The molecule has 2 heterocycles. The summed E-state index contributed by atoms with van der Waals surface area (Å²) in [5, 5.41) is 0. The zero-order valence-corrected chi connectivity index (χ0v) is 16.3. The van der Waals surface area contributed by atoms with Gasteiger partial charge in [-0.15, -0.1) is 12.4 Å². The van der Waals surface area contributed by atoms with E-state index >= 15 is 0 Å². The van der Waals surface area contributed by atoms with Gasteiger partial charge in [-0.25, -0.2) is 0 Å². The molecule has 0 saturated carbocycles. The molecule has 144 valence electrons. The molecule has 2 atom stereocenters. The van der Waals surface area contributed by atoms with E-state index in [1.54, 1.807) is 0 Å². The van der Waals surface area contributed by atoms with Crippen LogP contribution >= 0.6 is 12.4 Å². The van der Waals surface area contributed by atoms with Gasteiger partial charge in [-0.2, -0.15) is 0 Å². The highest BCUT2D eigenvalue weighted by Crippen LogP contribution is 2.31. The van der Waals surface area contributed by atoms with Gasteiger partial charge in [-0.05, 0) is 36.8 Å². The Bertz CT molecular complexity index is 625. The number of likely N-dealkylation sites (tertiary alicyclic amines) is 2. The fraction of sp³-hybridized carbons (Fsp3) is 0.600. The molecule has 0 bridgehead atoms. The molecule has 2 N–H and O–H groups in total. The van der Waals surface area contributed by atoms with Crippen molar-refractivity contribution >= 4 is 24.2 Å². The van der Waals surface area contributed by atoms with Crippen molar-refractivity contribution < 1.29 is 9.59 Å². The minimum Gasteiger partial charge on any atom is -0.342 e. The molecule has 26 heavy (non-hydrogen) atoms. The first-order chi connectivity index (χ1) is 12.0. The lowest BCUT2D eigenvalue weighted by Gasteiger charge is -2.34. The number of carbonyl (C=O) groups excluding carboxylic acids is 2. The molecule has 2 saturated heterocycles. The van der Waals surface area contributed by atoms with Crippen LogP contribution in [0.5, 0.6) is 0 Å². The first-order valence-corrected chi connectivity index (χ1v) is 9.31. The Balaban J connectivity index is 0.00000243. The average molecular weight is 380 g/mol. The molecule has 1 aromatic rings. The van der Waals surface area contributed by atoms with E-state index in [-0.39, 0.29) is 35.6 Å². The SMILES string of the molecule is CC1(CN)CCN(C(=O)C2CCCN(C(=O)Cc3ccccc3)C2)C1.Cl.